The number of halogens is 1. The number of carbonyl (C=O) groups excluding carboxylic acids is 1. The van der Waals surface area contributed by atoms with Gasteiger partial charge >= 0.3 is 5.97 Å². The molecule has 0 unspecified atom stereocenters. The molecule has 0 amide bonds. The zero-order valence-electron chi connectivity index (χ0n) is 15.0. The molecular weight excluding hydrogens is 360 g/mol. The van der Waals surface area contributed by atoms with Crippen LogP contribution in [0.3, 0.4) is 0 Å². The molecule has 0 atom stereocenters. The summed E-state index contributed by atoms with van der Waals surface area (Å²) in [6.07, 6.45) is 2.90. The Labute approximate surface area is 162 Å². The molecule has 0 aliphatic heterocycles. The standard InChI is InChI=1S/C22H19ClN2O2/c1-14-6-7-15-11-17(22(23)25-20(15)10-14)13-27-21(26)9-8-16-12-24-19-5-3-2-4-18(16)19/h2-7,10-12,24H,8-9,13H2,1H3. The molecule has 0 radical (unpaired) electrons. The number of carbonyl (C=O) groups is 1. The molecule has 2 heterocycles. The number of esters is 1. The van der Waals surface area contributed by atoms with Crippen molar-refractivity contribution in [1.29, 1.82) is 0 Å². The normalized spacial score (nSPS) is 11.2. The Hall–Kier alpha value is -2.85. The largest absolute Gasteiger partial charge is 0.461 e. The number of hydrogen-bond acceptors (Lipinski definition) is 3. The Balaban J connectivity index is 1.39. The lowest BCUT2D eigenvalue weighted by molar-refractivity contribution is -0.144. The lowest BCUT2D eigenvalue weighted by atomic mass is 10.1. The molecule has 5 heteroatoms. The molecule has 4 aromatic rings. The van der Waals surface area contributed by atoms with E-state index in [2.05, 4.69) is 16.0 Å². The van der Waals surface area contributed by atoms with Crippen LogP contribution in [-0.2, 0) is 22.6 Å². The average molecular weight is 379 g/mol. The number of hydrogen-bond donors (Lipinski definition) is 1. The van der Waals surface area contributed by atoms with Crippen LogP contribution in [0.4, 0.5) is 0 Å². The van der Waals surface area contributed by atoms with Crippen LogP contribution >= 0.6 is 11.6 Å². The number of ether oxygens (including phenoxy) is 1. The second kappa shape index (κ2) is 7.41. The second-order valence-electron chi connectivity index (χ2n) is 6.65. The smallest absolute Gasteiger partial charge is 0.306 e. The highest BCUT2D eigenvalue weighted by Gasteiger charge is 2.11. The zero-order chi connectivity index (χ0) is 18.8. The quantitative estimate of drug-likeness (QED) is 0.376. The van der Waals surface area contributed by atoms with E-state index in [1.807, 2.05) is 55.6 Å². The molecule has 27 heavy (non-hydrogen) atoms. The number of aryl methyl sites for hydroxylation is 2. The van der Waals surface area contributed by atoms with E-state index >= 15 is 0 Å². The highest BCUT2D eigenvalue weighted by Crippen LogP contribution is 2.23. The van der Waals surface area contributed by atoms with Crippen molar-refractivity contribution in [3.8, 4) is 0 Å². The summed E-state index contributed by atoms with van der Waals surface area (Å²) in [5.41, 5.74) is 4.87. The summed E-state index contributed by atoms with van der Waals surface area (Å²) in [6.45, 7) is 2.14. The SMILES string of the molecule is Cc1ccc2cc(COC(=O)CCc3c[nH]c4ccccc34)c(Cl)nc2c1. The van der Waals surface area contributed by atoms with Gasteiger partial charge in [0.2, 0.25) is 0 Å². The minimum atomic E-state index is -0.250. The molecule has 0 saturated carbocycles. The van der Waals surface area contributed by atoms with Gasteiger partial charge in [0.15, 0.2) is 0 Å². The predicted molar refractivity (Wildman–Crippen MR) is 108 cm³/mol. The first-order valence-electron chi connectivity index (χ1n) is 8.86. The molecule has 0 spiro atoms. The summed E-state index contributed by atoms with van der Waals surface area (Å²) in [4.78, 5) is 19.8. The Kier molecular flexibility index (Phi) is 4.82. The van der Waals surface area contributed by atoms with Crippen molar-refractivity contribution >= 4 is 39.4 Å². The molecule has 0 saturated heterocycles. The van der Waals surface area contributed by atoms with Crippen LogP contribution in [0, 0.1) is 6.92 Å². The number of nitrogens with zero attached hydrogens (tertiary/aromatic N) is 1. The number of H-pyrrole nitrogens is 1. The van der Waals surface area contributed by atoms with Gasteiger partial charge in [-0.15, -0.1) is 0 Å². The number of fused-ring (bicyclic) bond motifs is 2. The van der Waals surface area contributed by atoms with Crippen LogP contribution in [0.15, 0.2) is 54.7 Å². The Morgan fingerprint density at radius 1 is 1.15 bits per heavy atom. The molecule has 0 aliphatic rings. The van der Waals surface area contributed by atoms with Gasteiger partial charge in [-0.25, -0.2) is 4.98 Å². The van der Waals surface area contributed by atoms with E-state index in [4.69, 9.17) is 16.3 Å². The van der Waals surface area contributed by atoms with E-state index in [0.717, 1.165) is 32.9 Å². The van der Waals surface area contributed by atoms with E-state index in [1.54, 1.807) is 0 Å². The van der Waals surface area contributed by atoms with Gasteiger partial charge in [0.25, 0.3) is 0 Å². The van der Waals surface area contributed by atoms with Crippen LogP contribution in [0.2, 0.25) is 5.15 Å². The molecular formula is C22H19ClN2O2. The van der Waals surface area contributed by atoms with Crippen molar-refractivity contribution in [2.45, 2.75) is 26.4 Å². The number of benzene rings is 2. The lowest BCUT2D eigenvalue weighted by Crippen LogP contribution is -2.06. The number of nitrogens with one attached hydrogen (secondary N) is 1. The van der Waals surface area contributed by atoms with Crippen LogP contribution in [-0.4, -0.2) is 15.9 Å². The van der Waals surface area contributed by atoms with E-state index in [0.29, 0.717) is 23.6 Å². The Morgan fingerprint density at radius 3 is 2.89 bits per heavy atom. The maximum Gasteiger partial charge on any atom is 0.306 e. The Bertz CT molecular complexity index is 1130. The van der Waals surface area contributed by atoms with E-state index in [9.17, 15) is 4.79 Å². The van der Waals surface area contributed by atoms with Crippen molar-refractivity contribution in [2.75, 3.05) is 0 Å². The molecule has 2 aromatic carbocycles. The first kappa shape index (κ1) is 17.6. The third kappa shape index (κ3) is 3.81. The minimum absolute atomic E-state index is 0.127. The molecule has 1 N–H and O–H groups in total. The zero-order valence-corrected chi connectivity index (χ0v) is 15.7. The summed E-state index contributed by atoms with van der Waals surface area (Å²) in [5.74, 6) is -0.250. The summed E-state index contributed by atoms with van der Waals surface area (Å²) in [5, 5.41) is 2.50. The number of aromatic nitrogens is 2. The lowest BCUT2D eigenvalue weighted by Gasteiger charge is -2.08. The number of rotatable bonds is 5. The van der Waals surface area contributed by atoms with E-state index in [1.165, 1.54) is 0 Å². The van der Waals surface area contributed by atoms with Gasteiger partial charge in [-0.2, -0.15) is 0 Å². The fourth-order valence-corrected chi connectivity index (χ4v) is 3.40. The van der Waals surface area contributed by atoms with Gasteiger partial charge in [-0.3, -0.25) is 4.79 Å². The van der Waals surface area contributed by atoms with Crippen LogP contribution in [0.1, 0.15) is 23.1 Å². The highest BCUT2D eigenvalue weighted by atomic mass is 35.5. The highest BCUT2D eigenvalue weighted by molar-refractivity contribution is 6.30. The third-order valence-corrected chi connectivity index (χ3v) is 4.99. The first-order chi connectivity index (χ1) is 13.1. The van der Waals surface area contributed by atoms with Gasteiger partial charge in [-0.1, -0.05) is 41.9 Å². The van der Waals surface area contributed by atoms with Crippen LogP contribution in [0.5, 0.6) is 0 Å². The number of pyridine rings is 1. The van der Waals surface area contributed by atoms with Crippen molar-refractivity contribution in [3.05, 3.63) is 76.6 Å². The Morgan fingerprint density at radius 2 is 2.00 bits per heavy atom. The molecule has 0 bridgehead atoms. The molecule has 2 aromatic heterocycles. The maximum absolute atomic E-state index is 12.2. The summed E-state index contributed by atoms with van der Waals surface area (Å²) in [7, 11) is 0. The molecule has 0 aliphatic carbocycles. The molecule has 136 valence electrons. The summed E-state index contributed by atoms with van der Waals surface area (Å²) < 4.78 is 5.42. The van der Waals surface area contributed by atoms with Crippen LogP contribution < -0.4 is 0 Å². The van der Waals surface area contributed by atoms with Gasteiger partial charge < -0.3 is 9.72 Å². The second-order valence-corrected chi connectivity index (χ2v) is 7.01. The van der Waals surface area contributed by atoms with Crippen molar-refractivity contribution < 1.29 is 9.53 Å². The number of para-hydroxylation sites is 1. The average Bonchev–Trinajstić information content (AvgIpc) is 3.08. The maximum atomic E-state index is 12.2. The number of aromatic amines is 1. The van der Waals surface area contributed by atoms with Crippen molar-refractivity contribution in [3.63, 3.8) is 0 Å². The minimum Gasteiger partial charge on any atom is -0.461 e. The van der Waals surface area contributed by atoms with Gasteiger partial charge in [0, 0.05) is 34.5 Å². The molecule has 4 nitrogen and oxygen atoms in total. The molecule has 0 fully saturated rings. The molecule has 4 rings (SSSR count). The van der Waals surface area contributed by atoms with E-state index in [-0.39, 0.29) is 12.6 Å². The van der Waals surface area contributed by atoms with Gasteiger partial charge in [0.1, 0.15) is 11.8 Å². The monoisotopic (exact) mass is 378 g/mol. The van der Waals surface area contributed by atoms with E-state index < -0.39 is 0 Å². The summed E-state index contributed by atoms with van der Waals surface area (Å²) in [6, 6.07) is 16.0. The first-order valence-corrected chi connectivity index (χ1v) is 9.24. The van der Waals surface area contributed by atoms with Gasteiger partial charge in [-0.05, 0) is 42.7 Å². The summed E-state index contributed by atoms with van der Waals surface area (Å²) >= 11 is 6.26. The van der Waals surface area contributed by atoms with Gasteiger partial charge in [0.05, 0.1) is 5.52 Å². The fraction of sp³-hybridized carbons (Fsp3) is 0.182. The van der Waals surface area contributed by atoms with Crippen LogP contribution in [0.25, 0.3) is 21.8 Å². The topological polar surface area (TPSA) is 55.0 Å². The van der Waals surface area contributed by atoms with Crippen molar-refractivity contribution in [2.24, 2.45) is 0 Å². The third-order valence-electron chi connectivity index (χ3n) is 4.66. The van der Waals surface area contributed by atoms with Crippen molar-refractivity contribution in [1.82, 2.24) is 9.97 Å². The predicted octanol–water partition coefficient (Wildman–Crippen LogP) is 5.35. The fourth-order valence-electron chi connectivity index (χ4n) is 3.20.